The molecule has 5 heteroatoms. The summed E-state index contributed by atoms with van der Waals surface area (Å²) in [5, 5.41) is 0. The Kier molecular flexibility index (Phi) is 2.35. The van der Waals surface area contributed by atoms with Gasteiger partial charge in [0.1, 0.15) is 0 Å². The van der Waals surface area contributed by atoms with Gasteiger partial charge in [-0.05, 0) is 0 Å². The maximum Gasteiger partial charge on any atom is 0.154 e. The Morgan fingerprint density at radius 2 is 2.70 bits per heavy atom. The van der Waals surface area contributed by atoms with E-state index in [1.165, 1.54) is 11.3 Å². The highest BCUT2D eigenvalue weighted by Crippen LogP contribution is 2.04. The monoisotopic (exact) mass is 156 g/mol. The van der Waals surface area contributed by atoms with Crippen molar-refractivity contribution in [1.29, 1.82) is 0 Å². The summed E-state index contributed by atoms with van der Waals surface area (Å²) in [4.78, 5) is 8.73. The quantitative estimate of drug-likeness (QED) is 0.260. The van der Waals surface area contributed by atoms with Crippen molar-refractivity contribution in [2.75, 3.05) is 7.05 Å². The molecule has 0 saturated heterocycles. The number of hydrogen-bond acceptors (Lipinski definition) is 4. The van der Waals surface area contributed by atoms with E-state index >= 15 is 0 Å². The molecule has 0 spiro atoms. The first kappa shape index (κ1) is 7.17. The molecule has 0 saturated carbocycles. The van der Waals surface area contributed by atoms with Crippen LogP contribution in [0.4, 0.5) is 0 Å². The van der Waals surface area contributed by atoms with E-state index in [9.17, 15) is 0 Å². The van der Waals surface area contributed by atoms with Gasteiger partial charge in [-0.3, -0.25) is 9.98 Å². The highest BCUT2D eigenvalue weighted by atomic mass is 32.1. The van der Waals surface area contributed by atoms with E-state index in [1.54, 1.807) is 18.8 Å². The van der Waals surface area contributed by atoms with E-state index in [4.69, 9.17) is 5.84 Å². The highest BCUT2D eigenvalue weighted by Gasteiger charge is 1.99. The molecule has 4 nitrogen and oxygen atoms in total. The number of hydrazine groups is 1. The number of thiazole rings is 1. The Balaban J connectivity index is 2.85. The molecule has 0 bridgehead atoms. The fraction of sp³-hybridized carbons (Fsp3) is 0.200. The number of rotatable bonds is 1. The molecule has 10 heavy (non-hydrogen) atoms. The normalized spacial score (nSPS) is 11.6. The third-order valence-electron chi connectivity index (χ3n) is 1.03. The zero-order chi connectivity index (χ0) is 7.40. The second-order valence-corrected chi connectivity index (χ2v) is 2.47. The van der Waals surface area contributed by atoms with Crippen LogP contribution in [-0.4, -0.2) is 17.9 Å². The Morgan fingerprint density at radius 1 is 1.90 bits per heavy atom. The number of nitrogens with one attached hydrogen (secondary N) is 1. The summed E-state index contributed by atoms with van der Waals surface area (Å²) in [5.41, 5.74) is 4.21. The summed E-state index contributed by atoms with van der Waals surface area (Å²) in [7, 11) is 1.68. The van der Waals surface area contributed by atoms with E-state index < -0.39 is 0 Å². The number of aromatic nitrogens is 1. The number of nitrogens with two attached hydrogens (primary N) is 1. The van der Waals surface area contributed by atoms with Crippen molar-refractivity contribution in [2.24, 2.45) is 10.8 Å². The molecule has 3 N–H and O–H groups in total. The molecule has 0 atom stereocenters. The first-order valence-corrected chi connectivity index (χ1v) is 3.58. The van der Waals surface area contributed by atoms with Crippen LogP contribution in [0.1, 0.15) is 4.88 Å². The van der Waals surface area contributed by atoms with Crippen LogP contribution in [0.2, 0.25) is 0 Å². The molecule has 1 aromatic rings. The van der Waals surface area contributed by atoms with Gasteiger partial charge in [0.15, 0.2) is 5.84 Å². The van der Waals surface area contributed by atoms with Crippen molar-refractivity contribution >= 4 is 17.2 Å². The van der Waals surface area contributed by atoms with Crippen molar-refractivity contribution in [3.8, 4) is 0 Å². The number of aliphatic imine (C=N–C) groups is 1. The average molecular weight is 156 g/mol. The Labute approximate surface area is 62.8 Å². The predicted molar refractivity (Wildman–Crippen MR) is 41.9 cm³/mol. The summed E-state index contributed by atoms with van der Waals surface area (Å²) >= 11 is 1.50. The van der Waals surface area contributed by atoms with Crippen LogP contribution in [0.5, 0.6) is 0 Å². The molecule has 0 radical (unpaired) electrons. The van der Waals surface area contributed by atoms with E-state index in [1.807, 2.05) is 0 Å². The fourth-order valence-electron chi connectivity index (χ4n) is 0.579. The number of nitrogens with zero attached hydrogens (tertiary/aromatic N) is 2. The van der Waals surface area contributed by atoms with Crippen LogP contribution < -0.4 is 11.3 Å². The highest BCUT2D eigenvalue weighted by molar-refractivity contribution is 7.11. The number of hydrogen-bond donors (Lipinski definition) is 2. The lowest BCUT2D eigenvalue weighted by atomic mass is 10.5. The van der Waals surface area contributed by atoms with Gasteiger partial charge in [0.25, 0.3) is 0 Å². The van der Waals surface area contributed by atoms with Gasteiger partial charge in [0.2, 0.25) is 0 Å². The summed E-state index contributed by atoms with van der Waals surface area (Å²) in [6, 6.07) is 0. The molecule has 0 fully saturated rings. The Morgan fingerprint density at radius 3 is 3.10 bits per heavy atom. The van der Waals surface area contributed by atoms with Gasteiger partial charge >= 0.3 is 0 Å². The van der Waals surface area contributed by atoms with Crippen molar-refractivity contribution in [3.63, 3.8) is 0 Å². The van der Waals surface area contributed by atoms with Gasteiger partial charge in [-0.25, -0.2) is 5.84 Å². The predicted octanol–water partition coefficient (Wildman–Crippen LogP) is -0.0172. The maximum atomic E-state index is 5.17. The van der Waals surface area contributed by atoms with E-state index in [0.29, 0.717) is 5.84 Å². The van der Waals surface area contributed by atoms with E-state index in [2.05, 4.69) is 15.4 Å². The number of amidine groups is 1. The van der Waals surface area contributed by atoms with Gasteiger partial charge in [0.05, 0.1) is 10.4 Å². The summed E-state index contributed by atoms with van der Waals surface area (Å²) in [6.07, 6.45) is 1.72. The molecule has 0 unspecified atom stereocenters. The second kappa shape index (κ2) is 3.28. The Bertz CT molecular complexity index is 216. The van der Waals surface area contributed by atoms with Crippen molar-refractivity contribution in [1.82, 2.24) is 10.4 Å². The molecule has 0 aliphatic heterocycles. The van der Waals surface area contributed by atoms with Crippen molar-refractivity contribution in [2.45, 2.75) is 0 Å². The first-order chi connectivity index (χ1) is 4.88. The molecule has 1 aromatic heterocycles. The van der Waals surface area contributed by atoms with Crippen LogP contribution in [0.15, 0.2) is 16.7 Å². The summed E-state index contributed by atoms with van der Waals surface area (Å²) in [5.74, 6) is 5.84. The van der Waals surface area contributed by atoms with Crippen LogP contribution in [0.3, 0.4) is 0 Å². The van der Waals surface area contributed by atoms with Crippen LogP contribution in [-0.2, 0) is 0 Å². The zero-order valence-electron chi connectivity index (χ0n) is 5.53. The van der Waals surface area contributed by atoms with Gasteiger partial charge < -0.3 is 5.43 Å². The second-order valence-electron chi connectivity index (χ2n) is 1.58. The zero-order valence-corrected chi connectivity index (χ0v) is 6.35. The van der Waals surface area contributed by atoms with Gasteiger partial charge in [-0.1, -0.05) is 0 Å². The standard InChI is InChI=1S/C5H8N4S/c1-7-5(9-6)4-2-8-3-10-4/h2-3H,6H2,1H3,(H,7,9). The molecule has 1 heterocycles. The topological polar surface area (TPSA) is 63.3 Å². The maximum absolute atomic E-state index is 5.17. The molecular weight excluding hydrogens is 148 g/mol. The average Bonchev–Trinajstić information content (AvgIpc) is 2.43. The molecule has 0 aromatic carbocycles. The van der Waals surface area contributed by atoms with Crippen molar-refractivity contribution < 1.29 is 0 Å². The molecule has 0 aliphatic carbocycles. The smallest absolute Gasteiger partial charge is 0.154 e. The lowest BCUT2D eigenvalue weighted by Gasteiger charge is -1.97. The van der Waals surface area contributed by atoms with Gasteiger partial charge in [-0.2, -0.15) is 0 Å². The third-order valence-corrected chi connectivity index (χ3v) is 1.81. The largest absolute Gasteiger partial charge is 0.308 e. The molecule has 54 valence electrons. The Hall–Kier alpha value is -0.940. The van der Waals surface area contributed by atoms with Crippen molar-refractivity contribution in [3.05, 3.63) is 16.6 Å². The van der Waals surface area contributed by atoms with Gasteiger partial charge in [-0.15, -0.1) is 11.3 Å². The SMILES string of the molecule is CN=C(NN)c1cncs1. The van der Waals surface area contributed by atoms with Crippen LogP contribution in [0, 0.1) is 0 Å². The molecule has 1 rings (SSSR count). The minimum absolute atomic E-state index is 0.669. The lowest BCUT2D eigenvalue weighted by Crippen LogP contribution is -2.30. The van der Waals surface area contributed by atoms with Crippen LogP contribution in [0.25, 0.3) is 0 Å². The minimum atomic E-state index is 0.669. The fourth-order valence-corrected chi connectivity index (χ4v) is 1.20. The van der Waals surface area contributed by atoms with Crippen LogP contribution >= 0.6 is 11.3 Å². The first-order valence-electron chi connectivity index (χ1n) is 2.70. The molecular formula is C5H8N4S. The third kappa shape index (κ3) is 1.31. The summed E-state index contributed by atoms with van der Waals surface area (Å²) in [6.45, 7) is 0. The van der Waals surface area contributed by atoms with E-state index in [-0.39, 0.29) is 0 Å². The minimum Gasteiger partial charge on any atom is -0.308 e. The lowest BCUT2D eigenvalue weighted by molar-refractivity contribution is 1.02. The van der Waals surface area contributed by atoms with Gasteiger partial charge in [0, 0.05) is 13.2 Å². The van der Waals surface area contributed by atoms with E-state index in [0.717, 1.165) is 4.88 Å². The molecule has 0 amide bonds. The molecule has 0 aliphatic rings. The summed E-state index contributed by atoms with van der Waals surface area (Å²) < 4.78 is 0.